The molecule has 1 fully saturated rings. The van der Waals surface area contributed by atoms with Gasteiger partial charge in [0.25, 0.3) is 0 Å². The Balaban J connectivity index is 1.85. The van der Waals surface area contributed by atoms with Gasteiger partial charge < -0.3 is 15.0 Å². The molecule has 1 aromatic rings. The van der Waals surface area contributed by atoms with Gasteiger partial charge in [-0.15, -0.1) is 6.58 Å². The molecule has 1 saturated heterocycles. The van der Waals surface area contributed by atoms with E-state index >= 15 is 0 Å². The molecule has 1 aromatic carbocycles. The summed E-state index contributed by atoms with van der Waals surface area (Å²) in [5.41, 5.74) is 1.82. The maximum Gasteiger partial charge on any atom is 0.166 e. The van der Waals surface area contributed by atoms with Gasteiger partial charge in [0.15, 0.2) is 5.78 Å². The van der Waals surface area contributed by atoms with Crippen molar-refractivity contribution in [3.8, 4) is 5.75 Å². The number of carbonyl (C=O) groups excluding carboxylic acids is 1. The van der Waals surface area contributed by atoms with Gasteiger partial charge >= 0.3 is 0 Å². The zero-order chi connectivity index (χ0) is 14.7. The van der Waals surface area contributed by atoms with Gasteiger partial charge in [0, 0.05) is 18.0 Å². The minimum absolute atomic E-state index is 0.154. The molecule has 2 aliphatic heterocycles. The van der Waals surface area contributed by atoms with Crippen LogP contribution in [0.25, 0.3) is 0 Å². The number of fused-ring (bicyclic) bond motifs is 1. The second-order valence-corrected chi connectivity index (χ2v) is 5.65. The number of hydrogen-bond acceptors (Lipinski definition) is 4. The normalized spacial score (nSPS) is 18.8. The lowest BCUT2D eigenvalue weighted by Crippen LogP contribution is -2.34. The Morgan fingerprint density at radius 2 is 2.24 bits per heavy atom. The number of benzene rings is 1. The summed E-state index contributed by atoms with van der Waals surface area (Å²) in [4.78, 5) is 14.9. The van der Waals surface area contributed by atoms with E-state index in [1.165, 1.54) is 0 Å². The summed E-state index contributed by atoms with van der Waals surface area (Å²) in [6.45, 7) is 7.98. The van der Waals surface area contributed by atoms with Crippen LogP contribution in [0.15, 0.2) is 30.9 Å². The van der Waals surface area contributed by atoms with Crippen molar-refractivity contribution in [2.75, 3.05) is 37.7 Å². The molecule has 0 radical (unpaired) electrons. The number of nitrogens with one attached hydrogen (secondary N) is 1. The summed E-state index contributed by atoms with van der Waals surface area (Å²) in [5, 5.41) is 3.30. The minimum atomic E-state index is 0.154. The molecule has 0 saturated carbocycles. The van der Waals surface area contributed by atoms with Crippen molar-refractivity contribution in [1.29, 1.82) is 0 Å². The third kappa shape index (κ3) is 2.95. The fourth-order valence-corrected chi connectivity index (χ4v) is 3.09. The van der Waals surface area contributed by atoms with Crippen molar-refractivity contribution in [3.63, 3.8) is 0 Å². The fraction of sp³-hybridized carbons (Fsp3) is 0.471. The molecule has 0 bridgehead atoms. The summed E-state index contributed by atoms with van der Waals surface area (Å²) in [6.07, 6.45) is 3.75. The van der Waals surface area contributed by atoms with Crippen LogP contribution in [-0.4, -0.2) is 38.6 Å². The highest BCUT2D eigenvalue weighted by Gasteiger charge is 2.24. The van der Waals surface area contributed by atoms with Gasteiger partial charge in [0.05, 0.1) is 12.2 Å². The highest BCUT2D eigenvalue weighted by molar-refractivity contribution is 5.99. The molecule has 112 valence electrons. The van der Waals surface area contributed by atoms with Crippen LogP contribution in [0.4, 0.5) is 5.69 Å². The van der Waals surface area contributed by atoms with Crippen molar-refractivity contribution in [3.05, 3.63) is 36.4 Å². The van der Waals surface area contributed by atoms with Gasteiger partial charge in [-0.2, -0.15) is 0 Å². The first-order valence-corrected chi connectivity index (χ1v) is 7.67. The molecule has 2 aliphatic rings. The SMILES string of the molecule is C=CCN1CCOc2ccc(C(=O)C3CCNCC3)cc21. The van der Waals surface area contributed by atoms with Crippen molar-refractivity contribution < 1.29 is 9.53 Å². The number of piperidine rings is 1. The Kier molecular flexibility index (Phi) is 4.25. The zero-order valence-corrected chi connectivity index (χ0v) is 12.3. The molecule has 4 heteroatoms. The van der Waals surface area contributed by atoms with E-state index in [4.69, 9.17) is 4.74 Å². The highest BCUT2D eigenvalue weighted by Crippen LogP contribution is 2.33. The molecule has 3 rings (SSSR count). The second-order valence-electron chi connectivity index (χ2n) is 5.65. The number of rotatable bonds is 4. The third-order valence-electron chi connectivity index (χ3n) is 4.26. The van der Waals surface area contributed by atoms with E-state index in [2.05, 4.69) is 16.8 Å². The molecule has 0 amide bonds. The predicted octanol–water partition coefficient (Wildman–Crippen LogP) is 2.25. The maximum absolute atomic E-state index is 12.6. The summed E-state index contributed by atoms with van der Waals surface area (Å²) in [5.74, 6) is 1.29. The van der Waals surface area contributed by atoms with Crippen LogP contribution in [0.1, 0.15) is 23.2 Å². The number of Topliss-reactive ketones (excluding diaryl/α,β-unsaturated/α-hetero) is 1. The van der Waals surface area contributed by atoms with Crippen molar-refractivity contribution in [1.82, 2.24) is 5.32 Å². The average Bonchev–Trinajstić information content (AvgIpc) is 2.55. The quantitative estimate of drug-likeness (QED) is 0.681. The standard InChI is InChI=1S/C17H22N2O2/c1-2-9-19-10-11-21-16-4-3-14(12-15(16)19)17(20)13-5-7-18-8-6-13/h2-4,12-13,18H,1,5-11H2. The smallest absolute Gasteiger partial charge is 0.166 e. The first kappa shape index (κ1) is 14.1. The van der Waals surface area contributed by atoms with Gasteiger partial charge in [0.2, 0.25) is 0 Å². The Morgan fingerprint density at radius 3 is 3.00 bits per heavy atom. The number of anilines is 1. The zero-order valence-electron chi connectivity index (χ0n) is 12.3. The largest absolute Gasteiger partial charge is 0.490 e. The van der Waals surface area contributed by atoms with E-state index in [1.54, 1.807) is 0 Å². The fourth-order valence-electron chi connectivity index (χ4n) is 3.09. The summed E-state index contributed by atoms with van der Waals surface area (Å²) >= 11 is 0. The molecular weight excluding hydrogens is 264 g/mol. The number of carbonyl (C=O) groups is 1. The Hall–Kier alpha value is -1.81. The average molecular weight is 286 g/mol. The molecule has 1 N–H and O–H groups in total. The van der Waals surface area contributed by atoms with E-state index < -0.39 is 0 Å². The topological polar surface area (TPSA) is 41.6 Å². The van der Waals surface area contributed by atoms with Gasteiger partial charge in [-0.3, -0.25) is 4.79 Å². The van der Waals surface area contributed by atoms with E-state index in [0.29, 0.717) is 6.61 Å². The molecule has 0 aromatic heterocycles. The first-order valence-electron chi connectivity index (χ1n) is 7.67. The van der Waals surface area contributed by atoms with Crippen LogP contribution in [0, 0.1) is 5.92 Å². The molecular formula is C17H22N2O2. The second kappa shape index (κ2) is 6.31. The summed E-state index contributed by atoms with van der Waals surface area (Å²) < 4.78 is 5.68. The molecule has 2 heterocycles. The molecule has 0 spiro atoms. The Bertz CT molecular complexity index is 536. The maximum atomic E-state index is 12.6. The number of ketones is 1. The van der Waals surface area contributed by atoms with Crippen LogP contribution in [-0.2, 0) is 0 Å². The number of ether oxygens (including phenoxy) is 1. The molecule has 0 aliphatic carbocycles. The van der Waals surface area contributed by atoms with Crippen LogP contribution >= 0.6 is 0 Å². The lowest BCUT2D eigenvalue weighted by atomic mass is 9.89. The van der Waals surface area contributed by atoms with Crippen molar-refractivity contribution in [2.45, 2.75) is 12.8 Å². The minimum Gasteiger partial charge on any atom is -0.490 e. The van der Waals surface area contributed by atoms with Crippen LogP contribution in [0.5, 0.6) is 5.75 Å². The summed E-state index contributed by atoms with van der Waals surface area (Å²) in [7, 11) is 0. The van der Waals surface area contributed by atoms with Gasteiger partial charge in [-0.25, -0.2) is 0 Å². The third-order valence-corrected chi connectivity index (χ3v) is 4.26. The van der Waals surface area contributed by atoms with E-state index in [-0.39, 0.29) is 11.7 Å². The van der Waals surface area contributed by atoms with E-state index in [9.17, 15) is 4.79 Å². The Morgan fingerprint density at radius 1 is 1.43 bits per heavy atom. The van der Waals surface area contributed by atoms with Gasteiger partial charge in [-0.1, -0.05) is 6.08 Å². The molecule has 0 unspecified atom stereocenters. The Labute approximate surface area is 125 Å². The lowest BCUT2D eigenvalue weighted by Gasteiger charge is -2.31. The van der Waals surface area contributed by atoms with E-state index in [1.807, 2.05) is 24.3 Å². The van der Waals surface area contributed by atoms with Crippen molar-refractivity contribution in [2.24, 2.45) is 5.92 Å². The number of hydrogen-bond donors (Lipinski definition) is 1. The lowest BCUT2D eigenvalue weighted by molar-refractivity contribution is 0.0895. The molecule has 0 atom stereocenters. The molecule has 4 nitrogen and oxygen atoms in total. The van der Waals surface area contributed by atoms with Gasteiger partial charge in [-0.05, 0) is 44.1 Å². The summed E-state index contributed by atoms with van der Waals surface area (Å²) in [6, 6.07) is 5.82. The van der Waals surface area contributed by atoms with Crippen LogP contribution < -0.4 is 15.0 Å². The number of nitrogens with zero attached hydrogens (tertiary/aromatic N) is 1. The highest BCUT2D eigenvalue weighted by atomic mass is 16.5. The van der Waals surface area contributed by atoms with Gasteiger partial charge in [0.1, 0.15) is 12.4 Å². The molecule has 21 heavy (non-hydrogen) atoms. The van der Waals surface area contributed by atoms with E-state index in [0.717, 1.165) is 56.0 Å². The predicted molar refractivity (Wildman–Crippen MR) is 84.3 cm³/mol. The van der Waals surface area contributed by atoms with Crippen molar-refractivity contribution >= 4 is 11.5 Å². The van der Waals surface area contributed by atoms with Crippen LogP contribution in [0.2, 0.25) is 0 Å². The van der Waals surface area contributed by atoms with Crippen LogP contribution in [0.3, 0.4) is 0 Å². The first-order chi connectivity index (χ1) is 10.3. The monoisotopic (exact) mass is 286 g/mol.